The molecule has 2 amide bonds. The predicted molar refractivity (Wildman–Crippen MR) is 50.6 cm³/mol. The molecule has 0 saturated heterocycles. The van der Waals surface area contributed by atoms with Crippen molar-refractivity contribution in [2.24, 2.45) is 0 Å². The molecule has 0 bridgehead atoms. The zero-order chi connectivity index (χ0) is 14.6. The SMILES string of the molecule is CC(O)(CNC(=O)NCC(F)(F)C(F)F)C(=O)O. The van der Waals surface area contributed by atoms with Crippen molar-refractivity contribution >= 4 is 12.0 Å². The van der Waals surface area contributed by atoms with E-state index in [0.717, 1.165) is 6.92 Å². The summed E-state index contributed by atoms with van der Waals surface area (Å²) < 4.78 is 48.2. The molecular formula is C8H12F4N2O4. The molecule has 0 aromatic rings. The van der Waals surface area contributed by atoms with Crippen LogP contribution in [0.1, 0.15) is 6.92 Å². The highest BCUT2D eigenvalue weighted by Gasteiger charge is 2.41. The molecule has 18 heavy (non-hydrogen) atoms. The van der Waals surface area contributed by atoms with E-state index in [2.05, 4.69) is 0 Å². The van der Waals surface area contributed by atoms with Crippen LogP contribution in [0.2, 0.25) is 0 Å². The van der Waals surface area contributed by atoms with Gasteiger partial charge < -0.3 is 20.8 Å². The fraction of sp³-hybridized carbons (Fsp3) is 0.750. The predicted octanol–water partition coefficient (Wildman–Crippen LogP) is 0.0216. The molecule has 0 aliphatic rings. The van der Waals surface area contributed by atoms with Crippen molar-refractivity contribution in [2.45, 2.75) is 24.9 Å². The molecule has 0 fully saturated rings. The molecule has 4 N–H and O–H groups in total. The Balaban J connectivity index is 4.12. The fourth-order valence-corrected chi connectivity index (χ4v) is 0.666. The average Bonchev–Trinajstić information content (AvgIpc) is 2.23. The molecule has 0 aliphatic heterocycles. The molecule has 0 saturated carbocycles. The van der Waals surface area contributed by atoms with Gasteiger partial charge in [0.25, 0.3) is 0 Å². The minimum atomic E-state index is -4.38. The minimum absolute atomic E-state index is 0.769. The molecule has 0 rings (SSSR count). The first kappa shape index (κ1) is 16.4. The Hall–Kier alpha value is -1.58. The highest BCUT2D eigenvalue weighted by Crippen LogP contribution is 2.21. The second-order valence-electron chi connectivity index (χ2n) is 3.68. The van der Waals surface area contributed by atoms with Crippen molar-refractivity contribution in [3.05, 3.63) is 0 Å². The van der Waals surface area contributed by atoms with Crippen LogP contribution in [0.5, 0.6) is 0 Å². The van der Waals surface area contributed by atoms with Crippen molar-refractivity contribution in [1.29, 1.82) is 0 Å². The maximum absolute atomic E-state index is 12.4. The lowest BCUT2D eigenvalue weighted by Crippen LogP contribution is -2.51. The number of urea groups is 1. The summed E-state index contributed by atoms with van der Waals surface area (Å²) in [5.74, 6) is -6.02. The van der Waals surface area contributed by atoms with Crippen molar-refractivity contribution in [3.8, 4) is 0 Å². The third kappa shape index (κ3) is 5.17. The Morgan fingerprint density at radius 1 is 1.22 bits per heavy atom. The summed E-state index contributed by atoms with van der Waals surface area (Å²) in [6, 6.07) is -1.29. The standard InChI is InChI=1S/C8H12F4N2O4/c1-7(18,5(15)16)2-13-6(17)14-3-8(11,12)4(9)10/h4,18H,2-3H2,1H3,(H,15,16)(H2,13,14,17). The van der Waals surface area contributed by atoms with Gasteiger partial charge in [-0.2, -0.15) is 8.78 Å². The van der Waals surface area contributed by atoms with E-state index in [4.69, 9.17) is 10.2 Å². The Labute approximate surface area is 99.0 Å². The molecule has 0 aliphatic carbocycles. The van der Waals surface area contributed by atoms with Gasteiger partial charge in [0, 0.05) is 0 Å². The van der Waals surface area contributed by atoms with Gasteiger partial charge in [0.05, 0.1) is 13.1 Å². The molecular weight excluding hydrogens is 264 g/mol. The molecule has 0 aromatic heterocycles. The van der Waals surface area contributed by atoms with Crippen LogP contribution in [-0.2, 0) is 4.79 Å². The number of rotatable bonds is 6. The van der Waals surface area contributed by atoms with Crippen LogP contribution in [0.15, 0.2) is 0 Å². The normalized spacial score (nSPS) is 15.1. The van der Waals surface area contributed by atoms with Crippen LogP contribution in [0.25, 0.3) is 0 Å². The summed E-state index contributed by atoms with van der Waals surface area (Å²) in [5, 5.41) is 20.8. The topological polar surface area (TPSA) is 98.7 Å². The number of carboxylic acids is 1. The number of alkyl halides is 4. The number of aliphatic hydroxyl groups is 1. The van der Waals surface area contributed by atoms with E-state index < -0.39 is 43.0 Å². The van der Waals surface area contributed by atoms with Crippen molar-refractivity contribution < 1.29 is 37.4 Å². The molecule has 106 valence electrons. The first-order valence-corrected chi connectivity index (χ1v) is 4.62. The quantitative estimate of drug-likeness (QED) is 0.514. The number of halogens is 4. The van der Waals surface area contributed by atoms with Crippen LogP contribution in [0.3, 0.4) is 0 Å². The van der Waals surface area contributed by atoms with Gasteiger partial charge in [-0.3, -0.25) is 0 Å². The number of carboxylic acid groups (broad SMARTS) is 1. The molecule has 1 atom stereocenters. The highest BCUT2D eigenvalue weighted by molar-refractivity contribution is 5.79. The Morgan fingerprint density at radius 3 is 2.06 bits per heavy atom. The number of amides is 2. The number of carbonyl (C=O) groups excluding carboxylic acids is 1. The van der Waals surface area contributed by atoms with E-state index in [1.54, 1.807) is 5.32 Å². The second-order valence-corrected chi connectivity index (χ2v) is 3.68. The minimum Gasteiger partial charge on any atom is -0.479 e. The average molecular weight is 276 g/mol. The Bertz CT molecular complexity index is 322. The van der Waals surface area contributed by atoms with Crippen molar-refractivity contribution in [1.82, 2.24) is 10.6 Å². The summed E-state index contributed by atoms with van der Waals surface area (Å²) in [6.07, 6.45) is -3.93. The smallest absolute Gasteiger partial charge is 0.337 e. The summed E-state index contributed by atoms with van der Waals surface area (Å²) in [4.78, 5) is 21.3. The maximum Gasteiger partial charge on any atom is 0.337 e. The molecule has 0 heterocycles. The lowest BCUT2D eigenvalue weighted by atomic mass is 10.1. The molecule has 10 heteroatoms. The van der Waals surface area contributed by atoms with Crippen molar-refractivity contribution in [2.75, 3.05) is 13.1 Å². The van der Waals surface area contributed by atoms with Gasteiger partial charge >= 0.3 is 24.3 Å². The second kappa shape index (κ2) is 5.85. The van der Waals surface area contributed by atoms with Crippen LogP contribution in [-0.4, -0.2) is 53.3 Å². The number of carbonyl (C=O) groups is 2. The number of aliphatic carboxylic acids is 1. The van der Waals surface area contributed by atoms with E-state index in [1.807, 2.05) is 0 Å². The first-order valence-electron chi connectivity index (χ1n) is 4.62. The fourth-order valence-electron chi connectivity index (χ4n) is 0.666. The van der Waals surface area contributed by atoms with Crippen LogP contribution < -0.4 is 10.6 Å². The zero-order valence-electron chi connectivity index (χ0n) is 9.21. The van der Waals surface area contributed by atoms with Crippen LogP contribution in [0.4, 0.5) is 22.4 Å². The van der Waals surface area contributed by atoms with Gasteiger partial charge in [-0.1, -0.05) is 0 Å². The molecule has 0 aromatic carbocycles. The van der Waals surface area contributed by atoms with Gasteiger partial charge in [-0.25, -0.2) is 18.4 Å². The molecule has 0 radical (unpaired) electrons. The third-order valence-corrected chi connectivity index (χ3v) is 1.86. The van der Waals surface area contributed by atoms with Crippen LogP contribution in [0, 0.1) is 0 Å². The number of hydrogen-bond acceptors (Lipinski definition) is 3. The molecule has 6 nitrogen and oxygen atoms in total. The summed E-state index contributed by atoms with van der Waals surface area (Å²) in [6.45, 7) is -1.51. The lowest BCUT2D eigenvalue weighted by molar-refractivity contribution is -0.155. The highest BCUT2D eigenvalue weighted by atomic mass is 19.3. The number of hydrogen-bond donors (Lipinski definition) is 4. The maximum atomic E-state index is 12.4. The summed E-state index contributed by atoms with van der Waals surface area (Å²) >= 11 is 0. The molecule has 1 unspecified atom stereocenters. The van der Waals surface area contributed by atoms with Gasteiger partial charge in [0.1, 0.15) is 0 Å². The van der Waals surface area contributed by atoms with Gasteiger partial charge in [0.2, 0.25) is 0 Å². The van der Waals surface area contributed by atoms with Gasteiger partial charge in [-0.05, 0) is 6.92 Å². The van der Waals surface area contributed by atoms with Crippen molar-refractivity contribution in [3.63, 3.8) is 0 Å². The van der Waals surface area contributed by atoms with E-state index in [9.17, 15) is 27.2 Å². The molecule has 0 spiro atoms. The summed E-state index contributed by atoms with van der Waals surface area (Å²) in [5.41, 5.74) is -2.29. The monoisotopic (exact) mass is 276 g/mol. The third-order valence-electron chi connectivity index (χ3n) is 1.86. The van der Waals surface area contributed by atoms with E-state index in [1.165, 1.54) is 5.32 Å². The first-order chi connectivity index (χ1) is 7.99. The van der Waals surface area contributed by atoms with E-state index >= 15 is 0 Å². The lowest BCUT2D eigenvalue weighted by Gasteiger charge is -2.20. The van der Waals surface area contributed by atoms with Gasteiger partial charge in [-0.15, -0.1) is 0 Å². The summed E-state index contributed by atoms with van der Waals surface area (Å²) in [7, 11) is 0. The van der Waals surface area contributed by atoms with E-state index in [0.29, 0.717) is 0 Å². The van der Waals surface area contributed by atoms with Gasteiger partial charge in [0.15, 0.2) is 5.60 Å². The Morgan fingerprint density at radius 2 is 1.67 bits per heavy atom. The zero-order valence-corrected chi connectivity index (χ0v) is 9.21. The van der Waals surface area contributed by atoms with Crippen LogP contribution >= 0.6 is 0 Å². The Kier molecular flexibility index (Phi) is 5.33. The largest absolute Gasteiger partial charge is 0.479 e. The number of nitrogens with one attached hydrogen (secondary N) is 2. The van der Waals surface area contributed by atoms with E-state index in [-0.39, 0.29) is 0 Å².